The average Bonchev–Trinajstić information content (AvgIpc) is 3.62. The Kier molecular flexibility index (Phi) is 9.53. The molecule has 3 atom stereocenters. The first-order valence-corrected chi connectivity index (χ1v) is 13.2. The molecule has 3 aromatic rings. The lowest BCUT2D eigenvalue weighted by molar-refractivity contribution is -0.192. The number of carboxylic acid groups (broad SMARTS) is 1. The van der Waals surface area contributed by atoms with Crippen molar-refractivity contribution in [2.45, 2.75) is 56.6 Å². The van der Waals surface area contributed by atoms with Crippen molar-refractivity contribution >= 4 is 29.5 Å². The average molecular weight is 585 g/mol. The van der Waals surface area contributed by atoms with Crippen molar-refractivity contribution in [3.05, 3.63) is 53.3 Å². The van der Waals surface area contributed by atoms with Crippen LogP contribution in [0.5, 0.6) is 0 Å². The lowest BCUT2D eigenvalue weighted by Crippen LogP contribution is -2.58. The van der Waals surface area contributed by atoms with Gasteiger partial charge in [0.15, 0.2) is 0 Å². The number of aromatic amines is 1. The Balaban J connectivity index is 0.000000470. The molecule has 0 radical (unpaired) electrons. The number of H-pyrrole nitrogens is 1. The molecule has 2 aromatic heterocycles. The third-order valence-electron chi connectivity index (χ3n) is 7.18. The van der Waals surface area contributed by atoms with E-state index in [4.69, 9.17) is 32.0 Å². The number of carbonyl (C=O) groups is 1. The van der Waals surface area contributed by atoms with Crippen LogP contribution in [-0.2, 0) is 16.0 Å². The zero-order chi connectivity index (χ0) is 28.9. The van der Waals surface area contributed by atoms with Gasteiger partial charge in [-0.1, -0.05) is 23.7 Å². The number of hydrogen-bond donors (Lipinski definition) is 3. The quantitative estimate of drug-likeness (QED) is 0.398. The third kappa shape index (κ3) is 7.64. The fourth-order valence-electron chi connectivity index (χ4n) is 5.04. The molecule has 15 heteroatoms. The van der Waals surface area contributed by atoms with E-state index in [1.54, 1.807) is 0 Å². The van der Waals surface area contributed by atoms with E-state index in [1.807, 2.05) is 35.3 Å². The largest absolute Gasteiger partial charge is 0.490 e. The highest BCUT2D eigenvalue weighted by Crippen LogP contribution is 2.29. The van der Waals surface area contributed by atoms with E-state index in [0.717, 1.165) is 43.9 Å². The van der Waals surface area contributed by atoms with Gasteiger partial charge in [-0.25, -0.2) is 9.89 Å². The fourth-order valence-corrected chi connectivity index (χ4v) is 5.17. The molecule has 4 N–H and O–H groups in total. The molecule has 1 aromatic carbocycles. The van der Waals surface area contributed by atoms with Crippen LogP contribution in [0.2, 0.25) is 5.02 Å². The van der Waals surface area contributed by atoms with Crippen LogP contribution in [0.15, 0.2) is 42.7 Å². The van der Waals surface area contributed by atoms with Crippen molar-refractivity contribution in [3.63, 3.8) is 0 Å². The highest BCUT2D eigenvalue weighted by molar-refractivity contribution is 6.30. The minimum atomic E-state index is -5.08. The molecule has 0 spiro atoms. The van der Waals surface area contributed by atoms with Gasteiger partial charge in [0.2, 0.25) is 11.9 Å². The number of carboxylic acids is 1. The number of aromatic nitrogens is 5. The van der Waals surface area contributed by atoms with Gasteiger partial charge in [0, 0.05) is 49.1 Å². The highest BCUT2D eigenvalue weighted by atomic mass is 35.5. The summed E-state index contributed by atoms with van der Waals surface area (Å²) in [5.74, 6) is -1.71. The summed E-state index contributed by atoms with van der Waals surface area (Å²) in [6, 6.07) is 11.1. The molecule has 2 fully saturated rings. The second kappa shape index (κ2) is 12.9. The van der Waals surface area contributed by atoms with Crippen LogP contribution in [0.25, 0.3) is 0 Å². The van der Waals surface area contributed by atoms with Crippen LogP contribution in [0.4, 0.5) is 25.1 Å². The second-order valence-electron chi connectivity index (χ2n) is 9.82. The summed E-state index contributed by atoms with van der Waals surface area (Å²) < 4.78 is 40.1. The summed E-state index contributed by atoms with van der Waals surface area (Å²) >= 11 is 6.11. The van der Waals surface area contributed by atoms with Gasteiger partial charge < -0.3 is 20.5 Å². The Hall–Kier alpha value is -3.36. The number of halogens is 4. The van der Waals surface area contributed by atoms with Gasteiger partial charge in [0.1, 0.15) is 0 Å². The van der Waals surface area contributed by atoms with Gasteiger partial charge in [-0.3, -0.25) is 9.58 Å². The molecular formula is C25H32ClF3N8O3. The molecule has 40 heavy (non-hydrogen) atoms. The van der Waals surface area contributed by atoms with Crippen LogP contribution in [0.3, 0.4) is 0 Å². The Morgan fingerprint density at radius 1 is 1.27 bits per heavy atom. The molecule has 0 amide bonds. The second-order valence-corrected chi connectivity index (χ2v) is 10.3. The van der Waals surface area contributed by atoms with Crippen LogP contribution in [0.1, 0.15) is 31.4 Å². The predicted molar refractivity (Wildman–Crippen MR) is 142 cm³/mol. The standard InChI is InChI=1S/C23H31ClN8O.C2HF3O2/c1-16(32-10-2-9-26-32)21-14-31(20(15-33-21)13-17-3-5-18(24)6-4-17)19-7-11-30(12-8-19)23-27-22(25)28-29-23;3-2(4,5)1(6)7/h2-6,9-10,16,19-21H,7-8,11-15H2,1H3,(H3,25,27,28,29);(H,6,7)/t16-,20+,21-;/m1./s1. The molecular weight excluding hydrogens is 553 g/mol. The summed E-state index contributed by atoms with van der Waals surface area (Å²) in [7, 11) is 0. The number of benzene rings is 1. The number of ether oxygens (including phenoxy) is 1. The maximum absolute atomic E-state index is 10.6. The number of rotatable bonds is 6. The Labute approximate surface area is 234 Å². The first-order valence-electron chi connectivity index (χ1n) is 12.8. The fraction of sp³-hybridized carbons (Fsp3) is 0.520. The van der Waals surface area contributed by atoms with Gasteiger partial charge in [0.05, 0.1) is 18.8 Å². The Bertz CT molecular complexity index is 1220. The van der Waals surface area contributed by atoms with Gasteiger partial charge in [-0.2, -0.15) is 23.3 Å². The zero-order valence-electron chi connectivity index (χ0n) is 21.8. The number of nitrogen functional groups attached to an aromatic ring is 1. The van der Waals surface area contributed by atoms with Crippen LogP contribution >= 0.6 is 11.6 Å². The Morgan fingerprint density at radius 3 is 2.50 bits per heavy atom. The molecule has 5 rings (SSSR count). The van der Waals surface area contributed by atoms with Crippen LogP contribution < -0.4 is 10.6 Å². The maximum atomic E-state index is 10.6. The number of anilines is 2. The normalized spacial score (nSPS) is 21.5. The molecule has 2 aliphatic rings. The topological polar surface area (TPSA) is 138 Å². The summed E-state index contributed by atoms with van der Waals surface area (Å²) in [5.41, 5.74) is 7.00. The lowest BCUT2D eigenvalue weighted by atomic mass is 9.95. The molecule has 0 saturated carbocycles. The number of hydrogen-bond acceptors (Lipinski definition) is 8. The van der Waals surface area contributed by atoms with Crippen molar-refractivity contribution in [2.24, 2.45) is 0 Å². The minimum Gasteiger partial charge on any atom is -0.475 e. The third-order valence-corrected chi connectivity index (χ3v) is 7.43. The number of nitrogens with zero attached hydrogens (tertiary/aromatic N) is 6. The number of alkyl halides is 3. The number of piperidine rings is 1. The van der Waals surface area contributed by atoms with E-state index in [2.05, 4.69) is 49.1 Å². The first kappa shape index (κ1) is 29.6. The summed E-state index contributed by atoms with van der Waals surface area (Å²) in [4.78, 5) is 18.1. The van der Waals surface area contributed by atoms with E-state index < -0.39 is 12.1 Å². The summed E-state index contributed by atoms with van der Waals surface area (Å²) in [6.45, 7) is 5.60. The monoisotopic (exact) mass is 584 g/mol. The number of nitrogens with one attached hydrogen (secondary N) is 1. The molecule has 0 aliphatic carbocycles. The van der Waals surface area contributed by atoms with Crippen molar-refractivity contribution in [1.82, 2.24) is 29.9 Å². The van der Waals surface area contributed by atoms with Crippen molar-refractivity contribution in [1.29, 1.82) is 0 Å². The van der Waals surface area contributed by atoms with E-state index in [0.29, 0.717) is 30.6 Å². The van der Waals surface area contributed by atoms with E-state index in [1.165, 1.54) is 5.56 Å². The SMILES string of the molecule is C[C@H]([C@H]1CN(C2CCN(c3n[nH]c(N)n3)CC2)[C@@H](Cc2ccc(Cl)cc2)CO1)n1cccn1.O=C(O)C(F)(F)F. The molecule has 4 heterocycles. The molecule has 0 unspecified atom stereocenters. The maximum Gasteiger partial charge on any atom is 0.490 e. The smallest absolute Gasteiger partial charge is 0.475 e. The molecule has 0 bridgehead atoms. The van der Waals surface area contributed by atoms with Gasteiger partial charge in [0.25, 0.3) is 0 Å². The summed E-state index contributed by atoms with van der Waals surface area (Å²) in [6.07, 6.45) is 1.89. The zero-order valence-corrected chi connectivity index (χ0v) is 22.6. The lowest BCUT2D eigenvalue weighted by Gasteiger charge is -2.47. The van der Waals surface area contributed by atoms with Gasteiger partial charge >= 0.3 is 12.1 Å². The van der Waals surface area contributed by atoms with Gasteiger partial charge in [-0.05, 0) is 49.9 Å². The number of morpholine rings is 1. The number of nitrogens with two attached hydrogens (primary N) is 1. The first-order chi connectivity index (χ1) is 19.0. The molecule has 2 aliphatic heterocycles. The van der Waals surface area contributed by atoms with Crippen molar-refractivity contribution in [3.8, 4) is 0 Å². The van der Waals surface area contributed by atoms with E-state index in [9.17, 15) is 13.2 Å². The van der Waals surface area contributed by atoms with Crippen LogP contribution in [-0.4, -0.2) is 91.5 Å². The number of aliphatic carboxylic acids is 1. The summed E-state index contributed by atoms with van der Waals surface area (Å²) in [5, 5.41) is 19.3. The molecule has 11 nitrogen and oxygen atoms in total. The molecule has 218 valence electrons. The minimum absolute atomic E-state index is 0.0946. The van der Waals surface area contributed by atoms with Gasteiger partial charge in [-0.15, -0.1) is 5.10 Å². The van der Waals surface area contributed by atoms with Crippen LogP contribution in [0, 0.1) is 0 Å². The molecule has 2 saturated heterocycles. The Morgan fingerprint density at radius 2 is 1.95 bits per heavy atom. The highest BCUT2D eigenvalue weighted by Gasteiger charge is 2.39. The predicted octanol–water partition coefficient (Wildman–Crippen LogP) is 3.41. The van der Waals surface area contributed by atoms with Crippen molar-refractivity contribution in [2.75, 3.05) is 36.9 Å². The van der Waals surface area contributed by atoms with E-state index >= 15 is 0 Å². The van der Waals surface area contributed by atoms with Crippen molar-refractivity contribution < 1.29 is 27.8 Å². The van der Waals surface area contributed by atoms with E-state index in [-0.39, 0.29) is 12.1 Å².